The van der Waals surface area contributed by atoms with Crippen LogP contribution in [0.3, 0.4) is 0 Å². The van der Waals surface area contributed by atoms with Gasteiger partial charge in [-0.2, -0.15) is 0 Å². The van der Waals surface area contributed by atoms with Crippen molar-refractivity contribution in [1.82, 2.24) is 10.6 Å². The Bertz CT molecular complexity index is 515. The fourth-order valence-corrected chi connectivity index (χ4v) is 1.79. The van der Waals surface area contributed by atoms with Crippen molar-refractivity contribution in [3.8, 4) is 0 Å². The highest BCUT2D eigenvalue weighted by Crippen LogP contribution is 2.19. The Morgan fingerprint density at radius 3 is 2.74 bits per heavy atom. The molecule has 1 saturated carbocycles. The van der Waals surface area contributed by atoms with Crippen LogP contribution >= 0.6 is 11.6 Å². The summed E-state index contributed by atoms with van der Waals surface area (Å²) in [4.78, 5) is 23.7. The topological polar surface area (TPSA) is 84.2 Å². The van der Waals surface area contributed by atoms with Gasteiger partial charge in [-0.1, -0.05) is 11.6 Å². The second-order valence-electron chi connectivity index (χ2n) is 4.71. The number of hydrogen-bond acceptors (Lipinski definition) is 3. The zero-order valence-corrected chi connectivity index (χ0v) is 11.3. The third kappa shape index (κ3) is 3.61. The van der Waals surface area contributed by atoms with Gasteiger partial charge >= 0.3 is 0 Å². The first-order valence-electron chi connectivity index (χ1n) is 6.13. The van der Waals surface area contributed by atoms with Crippen LogP contribution in [0, 0.1) is 0 Å². The van der Waals surface area contributed by atoms with Gasteiger partial charge < -0.3 is 16.4 Å². The van der Waals surface area contributed by atoms with Gasteiger partial charge in [-0.05, 0) is 38.0 Å². The zero-order valence-electron chi connectivity index (χ0n) is 10.6. The molecule has 4 N–H and O–H groups in total. The van der Waals surface area contributed by atoms with Crippen molar-refractivity contribution in [2.75, 3.05) is 5.73 Å². The molecule has 5 nitrogen and oxygen atoms in total. The van der Waals surface area contributed by atoms with Crippen molar-refractivity contribution in [1.29, 1.82) is 0 Å². The monoisotopic (exact) mass is 281 g/mol. The van der Waals surface area contributed by atoms with Gasteiger partial charge in [-0.3, -0.25) is 9.59 Å². The molecule has 0 spiro atoms. The van der Waals surface area contributed by atoms with Crippen molar-refractivity contribution in [3.63, 3.8) is 0 Å². The lowest BCUT2D eigenvalue weighted by Crippen LogP contribution is -2.45. The lowest BCUT2D eigenvalue weighted by molar-refractivity contribution is -0.122. The van der Waals surface area contributed by atoms with E-state index in [9.17, 15) is 9.59 Å². The summed E-state index contributed by atoms with van der Waals surface area (Å²) in [6.07, 6.45) is 2.02. The van der Waals surface area contributed by atoms with Crippen molar-refractivity contribution in [2.24, 2.45) is 0 Å². The summed E-state index contributed by atoms with van der Waals surface area (Å²) in [5, 5.41) is 5.86. The second-order valence-corrected chi connectivity index (χ2v) is 5.15. The Hall–Kier alpha value is -1.75. The number of nitrogens with two attached hydrogens (primary N) is 1. The minimum Gasteiger partial charge on any atom is -0.398 e. The number of carbonyl (C=O) groups is 2. The molecule has 0 saturated heterocycles. The van der Waals surface area contributed by atoms with Crippen LogP contribution in [0.2, 0.25) is 5.02 Å². The number of rotatable bonds is 4. The van der Waals surface area contributed by atoms with Crippen molar-refractivity contribution in [2.45, 2.75) is 31.8 Å². The van der Waals surface area contributed by atoms with Crippen LogP contribution < -0.4 is 16.4 Å². The maximum Gasteiger partial charge on any atom is 0.254 e. The molecule has 0 heterocycles. The van der Waals surface area contributed by atoms with Crippen molar-refractivity contribution in [3.05, 3.63) is 28.8 Å². The fraction of sp³-hybridized carbons (Fsp3) is 0.385. The second kappa shape index (κ2) is 5.48. The van der Waals surface area contributed by atoms with Gasteiger partial charge in [0, 0.05) is 16.8 Å². The Kier molecular flexibility index (Phi) is 3.95. The number of amides is 2. The van der Waals surface area contributed by atoms with E-state index >= 15 is 0 Å². The Morgan fingerprint density at radius 1 is 1.42 bits per heavy atom. The van der Waals surface area contributed by atoms with Gasteiger partial charge in [0.15, 0.2) is 0 Å². The van der Waals surface area contributed by atoms with E-state index in [-0.39, 0.29) is 17.5 Å². The summed E-state index contributed by atoms with van der Waals surface area (Å²) in [6, 6.07) is 4.32. The normalized spacial score (nSPS) is 15.7. The minimum absolute atomic E-state index is 0.184. The molecule has 0 bridgehead atoms. The summed E-state index contributed by atoms with van der Waals surface area (Å²) in [5.74, 6) is -0.588. The first kappa shape index (κ1) is 13.7. The van der Waals surface area contributed by atoms with Crippen molar-refractivity contribution < 1.29 is 9.59 Å². The third-order valence-electron chi connectivity index (χ3n) is 2.92. The molecule has 0 radical (unpaired) electrons. The molecule has 102 valence electrons. The molecule has 1 aliphatic carbocycles. The minimum atomic E-state index is -0.605. The summed E-state index contributed by atoms with van der Waals surface area (Å²) in [5.41, 5.74) is 6.32. The van der Waals surface area contributed by atoms with E-state index in [2.05, 4.69) is 10.6 Å². The number of anilines is 1. The molecular weight excluding hydrogens is 266 g/mol. The van der Waals surface area contributed by atoms with Gasteiger partial charge in [0.25, 0.3) is 5.91 Å². The van der Waals surface area contributed by atoms with Crippen LogP contribution in [0.4, 0.5) is 5.69 Å². The molecular formula is C13H16ClN3O2. The first-order chi connectivity index (χ1) is 8.97. The molecule has 6 heteroatoms. The number of halogens is 1. The van der Waals surface area contributed by atoms with Crippen LogP contribution in [0.5, 0.6) is 0 Å². The van der Waals surface area contributed by atoms with E-state index in [1.54, 1.807) is 19.1 Å². The number of nitrogen functional groups attached to an aromatic ring is 1. The molecule has 0 aromatic heterocycles. The smallest absolute Gasteiger partial charge is 0.254 e. The Balaban J connectivity index is 1.99. The molecule has 0 aliphatic heterocycles. The summed E-state index contributed by atoms with van der Waals surface area (Å²) in [7, 11) is 0. The molecule has 1 aliphatic rings. The standard InChI is InChI=1S/C13H16ClN3O2/c1-7(12(18)17-9-3-4-9)16-13(19)10-6-8(14)2-5-11(10)15/h2,5-7,9H,3-4,15H2,1H3,(H,16,19)(H,17,18). The van der Waals surface area contributed by atoms with Gasteiger partial charge in [0.05, 0.1) is 5.56 Å². The lowest BCUT2D eigenvalue weighted by atomic mass is 10.1. The Morgan fingerprint density at radius 2 is 2.11 bits per heavy atom. The number of hydrogen-bond donors (Lipinski definition) is 3. The highest BCUT2D eigenvalue weighted by molar-refractivity contribution is 6.31. The van der Waals surface area contributed by atoms with Gasteiger partial charge in [0.2, 0.25) is 5.91 Å². The van der Waals surface area contributed by atoms with Crippen LogP contribution in [-0.4, -0.2) is 23.9 Å². The third-order valence-corrected chi connectivity index (χ3v) is 3.16. The molecule has 1 aromatic rings. The van der Waals surface area contributed by atoms with E-state index in [4.69, 9.17) is 17.3 Å². The molecule has 1 aromatic carbocycles. The summed E-state index contributed by atoms with van der Waals surface area (Å²) in [6.45, 7) is 1.64. The van der Waals surface area contributed by atoms with E-state index in [0.717, 1.165) is 12.8 Å². The largest absolute Gasteiger partial charge is 0.398 e. The van der Waals surface area contributed by atoms with Crippen LogP contribution in [-0.2, 0) is 4.79 Å². The predicted molar refractivity (Wildman–Crippen MR) is 74.0 cm³/mol. The highest BCUT2D eigenvalue weighted by atomic mass is 35.5. The maximum absolute atomic E-state index is 12.0. The van der Waals surface area contributed by atoms with Crippen LogP contribution in [0.25, 0.3) is 0 Å². The lowest BCUT2D eigenvalue weighted by Gasteiger charge is -2.14. The van der Waals surface area contributed by atoms with Gasteiger partial charge in [-0.25, -0.2) is 0 Å². The quantitative estimate of drug-likeness (QED) is 0.728. The Labute approximate surface area is 116 Å². The number of benzene rings is 1. The van der Waals surface area contributed by atoms with Crippen LogP contribution in [0.15, 0.2) is 18.2 Å². The molecule has 1 fully saturated rings. The van der Waals surface area contributed by atoms with Gasteiger partial charge in [0.1, 0.15) is 6.04 Å². The van der Waals surface area contributed by atoms with E-state index in [0.29, 0.717) is 10.7 Å². The molecule has 1 atom stereocenters. The van der Waals surface area contributed by atoms with E-state index < -0.39 is 11.9 Å². The number of nitrogens with one attached hydrogen (secondary N) is 2. The molecule has 2 rings (SSSR count). The average Bonchev–Trinajstić information content (AvgIpc) is 3.15. The first-order valence-corrected chi connectivity index (χ1v) is 6.51. The van der Waals surface area contributed by atoms with Crippen molar-refractivity contribution >= 4 is 29.1 Å². The maximum atomic E-state index is 12.0. The van der Waals surface area contributed by atoms with E-state index in [1.165, 1.54) is 6.07 Å². The highest BCUT2D eigenvalue weighted by Gasteiger charge is 2.26. The number of carbonyl (C=O) groups excluding carboxylic acids is 2. The predicted octanol–water partition coefficient (Wildman–Crippen LogP) is 1.32. The van der Waals surface area contributed by atoms with Crippen LogP contribution in [0.1, 0.15) is 30.1 Å². The summed E-state index contributed by atoms with van der Waals surface area (Å²) >= 11 is 5.82. The molecule has 2 amide bonds. The average molecular weight is 282 g/mol. The SMILES string of the molecule is CC(NC(=O)c1cc(Cl)ccc1N)C(=O)NC1CC1. The zero-order chi connectivity index (χ0) is 14.0. The van der Waals surface area contributed by atoms with E-state index in [1.807, 2.05) is 0 Å². The molecule has 1 unspecified atom stereocenters. The summed E-state index contributed by atoms with van der Waals surface area (Å²) < 4.78 is 0. The van der Waals surface area contributed by atoms with Gasteiger partial charge in [-0.15, -0.1) is 0 Å². The fourth-order valence-electron chi connectivity index (χ4n) is 1.62. The molecule has 19 heavy (non-hydrogen) atoms.